The van der Waals surface area contributed by atoms with Crippen LogP contribution in [0, 0.1) is 0 Å². The Morgan fingerprint density at radius 2 is 1.71 bits per heavy atom. The topological polar surface area (TPSA) is 62.3 Å². The third-order valence-electron chi connectivity index (χ3n) is 3.55. The van der Waals surface area contributed by atoms with E-state index in [1.165, 1.54) is 6.20 Å². The van der Waals surface area contributed by atoms with E-state index in [9.17, 15) is 9.59 Å². The number of carbonyl (C=O) groups is 2. The second-order valence-corrected chi connectivity index (χ2v) is 5.54. The number of benzene rings is 1. The summed E-state index contributed by atoms with van der Waals surface area (Å²) in [6.45, 7) is 5.45. The highest BCUT2D eigenvalue weighted by Crippen LogP contribution is 2.11. The Kier molecular flexibility index (Phi) is 6.49. The summed E-state index contributed by atoms with van der Waals surface area (Å²) in [5, 5.41) is 2.81. The summed E-state index contributed by atoms with van der Waals surface area (Å²) in [7, 11) is 0. The summed E-state index contributed by atoms with van der Waals surface area (Å²) in [5.74, 6) is -0.386. The molecule has 1 aromatic heterocycles. The van der Waals surface area contributed by atoms with Crippen molar-refractivity contribution in [3.63, 3.8) is 0 Å². The molecule has 5 nitrogen and oxygen atoms in total. The molecule has 0 unspecified atom stereocenters. The largest absolute Gasteiger partial charge is 0.337 e. The fourth-order valence-electron chi connectivity index (χ4n) is 2.43. The molecule has 2 rings (SSSR count). The number of hydrogen-bond acceptors (Lipinski definition) is 3. The zero-order valence-corrected chi connectivity index (χ0v) is 14.2. The van der Waals surface area contributed by atoms with Crippen molar-refractivity contribution in [2.24, 2.45) is 0 Å². The monoisotopic (exact) mass is 325 g/mol. The van der Waals surface area contributed by atoms with E-state index in [0.717, 1.165) is 12.8 Å². The Labute approximate surface area is 142 Å². The van der Waals surface area contributed by atoms with Gasteiger partial charge in [-0.3, -0.25) is 14.6 Å². The second kappa shape index (κ2) is 8.82. The van der Waals surface area contributed by atoms with Crippen molar-refractivity contribution in [2.45, 2.75) is 26.7 Å². The van der Waals surface area contributed by atoms with Crippen LogP contribution >= 0.6 is 0 Å². The Hall–Kier alpha value is -2.69. The van der Waals surface area contributed by atoms with E-state index in [-0.39, 0.29) is 11.8 Å². The molecule has 0 aliphatic rings. The fraction of sp³-hybridized carbons (Fsp3) is 0.316. The maximum Gasteiger partial charge on any atom is 0.272 e. The molecule has 0 radical (unpaired) electrons. The molecule has 1 heterocycles. The molecule has 0 saturated carbocycles. The van der Waals surface area contributed by atoms with E-state index >= 15 is 0 Å². The van der Waals surface area contributed by atoms with Crippen LogP contribution in [-0.2, 0) is 0 Å². The molecule has 0 bridgehead atoms. The van der Waals surface area contributed by atoms with Gasteiger partial charge in [0, 0.05) is 30.5 Å². The van der Waals surface area contributed by atoms with Crippen molar-refractivity contribution in [2.75, 3.05) is 18.4 Å². The average Bonchev–Trinajstić information content (AvgIpc) is 2.62. The number of para-hydroxylation sites is 1. The van der Waals surface area contributed by atoms with E-state index in [1.807, 2.05) is 44.2 Å². The number of anilines is 1. The molecule has 0 aliphatic carbocycles. The Morgan fingerprint density at radius 1 is 1.04 bits per heavy atom. The van der Waals surface area contributed by atoms with Crippen molar-refractivity contribution in [1.82, 2.24) is 9.88 Å². The lowest BCUT2D eigenvalue weighted by Gasteiger charge is -2.21. The molecule has 0 saturated heterocycles. The summed E-state index contributed by atoms with van der Waals surface area (Å²) < 4.78 is 0. The molecule has 5 heteroatoms. The third-order valence-corrected chi connectivity index (χ3v) is 3.55. The Bertz CT molecular complexity index is 680. The number of pyridine rings is 1. The molecule has 0 spiro atoms. The van der Waals surface area contributed by atoms with Gasteiger partial charge in [-0.25, -0.2) is 0 Å². The molecule has 0 fully saturated rings. The Morgan fingerprint density at radius 3 is 2.33 bits per heavy atom. The van der Waals surface area contributed by atoms with Gasteiger partial charge in [0.05, 0.1) is 0 Å². The molecule has 0 atom stereocenters. The molecular formula is C19H23N3O2. The molecule has 24 heavy (non-hydrogen) atoms. The van der Waals surface area contributed by atoms with E-state index in [2.05, 4.69) is 10.3 Å². The minimum atomic E-state index is -0.254. The standard InChI is InChI=1S/C19H23N3O2/c1-3-12-22(13-4-2)19(24)17-14-15(10-11-20-17)18(23)21-16-8-6-5-7-9-16/h5-11,14H,3-4,12-13H2,1-2H3,(H,21,23). The second-order valence-electron chi connectivity index (χ2n) is 5.54. The summed E-state index contributed by atoms with van der Waals surface area (Å²) >= 11 is 0. The maximum absolute atomic E-state index is 12.6. The number of hydrogen-bond donors (Lipinski definition) is 1. The van der Waals surface area contributed by atoms with Crippen molar-refractivity contribution in [3.05, 3.63) is 59.9 Å². The molecule has 2 aromatic rings. The molecular weight excluding hydrogens is 302 g/mol. The van der Waals surface area contributed by atoms with Crippen LogP contribution in [0.15, 0.2) is 48.7 Å². The summed E-state index contributed by atoms with van der Waals surface area (Å²) in [4.78, 5) is 30.9. The highest BCUT2D eigenvalue weighted by Gasteiger charge is 2.17. The first-order valence-corrected chi connectivity index (χ1v) is 8.27. The van der Waals surface area contributed by atoms with Gasteiger partial charge in [0.1, 0.15) is 5.69 Å². The molecule has 1 aromatic carbocycles. The van der Waals surface area contributed by atoms with Gasteiger partial charge in [0.25, 0.3) is 11.8 Å². The quantitative estimate of drug-likeness (QED) is 0.846. The molecule has 2 amide bonds. The van der Waals surface area contributed by atoms with Gasteiger partial charge < -0.3 is 10.2 Å². The van der Waals surface area contributed by atoms with Crippen LogP contribution in [0.3, 0.4) is 0 Å². The smallest absolute Gasteiger partial charge is 0.272 e. The van der Waals surface area contributed by atoms with Crippen LogP contribution in [0.1, 0.15) is 47.5 Å². The van der Waals surface area contributed by atoms with Gasteiger partial charge in [-0.05, 0) is 37.1 Å². The third kappa shape index (κ3) is 4.65. The lowest BCUT2D eigenvalue weighted by molar-refractivity contribution is 0.0749. The van der Waals surface area contributed by atoms with Gasteiger partial charge in [-0.2, -0.15) is 0 Å². The van der Waals surface area contributed by atoms with Crippen LogP contribution in [0.5, 0.6) is 0 Å². The number of nitrogens with zero attached hydrogens (tertiary/aromatic N) is 2. The van der Waals surface area contributed by atoms with Gasteiger partial charge in [-0.15, -0.1) is 0 Å². The number of carbonyl (C=O) groups excluding carboxylic acids is 2. The zero-order valence-electron chi connectivity index (χ0n) is 14.2. The first-order chi connectivity index (χ1) is 11.7. The molecule has 1 N–H and O–H groups in total. The summed E-state index contributed by atoms with van der Waals surface area (Å²) in [6.07, 6.45) is 3.28. The number of nitrogens with one attached hydrogen (secondary N) is 1. The van der Waals surface area contributed by atoms with Crippen LogP contribution < -0.4 is 5.32 Å². The lowest BCUT2D eigenvalue weighted by Crippen LogP contribution is -2.33. The maximum atomic E-state index is 12.6. The van der Waals surface area contributed by atoms with E-state index < -0.39 is 0 Å². The summed E-state index contributed by atoms with van der Waals surface area (Å²) in [6, 6.07) is 12.4. The number of aromatic nitrogens is 1. The van der Waals surface area contributed by atoms with Gasteiger partial charge >= 0.3 is 0 Å². The Balaban J connectivity index is 2.15. The lowest BCUT2D eigenvalue weighted by atomic mass is 10.2. The highest BCUT2D eigenvalue weighted by atomic mass is 16.2. The summed E-state index contributed by atoms with van der Waals surface area (Å²) in [5.41, 5.74) is 1.44. The SMILES string of the molecule is CCCN(CCC)C(=O)c1cc(C(=O)Nc2ccccc2)ccn1. The van der Waals surface area contributed by atoms with E-state index in [1.54, 1.807) is 17.0 Å². The van der Waals surface area contributed by atoms with Gasteiger partial charge in [-0.1, -0.05) is 32.0 Å². The zero-order chi connectivity index (χ0) is 17.4. The minimum absolute atomic E-state index is 0.131. The average molecular weight is 325 g/mol. The van der Waals surface area contributed by atoms with Crippen LogP contribution in [0.4, 0.5) is 5.69 Å². The number of rotatable bonds is 7. The first-order valence-electron chi connectivity index (χ1n) is 8.27. The van der Waals surface area contributed by atoms with Crippen molar-refractivity contribution in [1.29, 1.82) is 0 Å². The van der Waals surface area contributed by atoms with E-state index in [0.29, 0.717) is 30.0 Å². The van der Waals surface area contributed by atoms with Gasteiger partial charge in [0.2, 0.25) is 0 Å². The molecule has 126 valence electrons. The van der Waals surface area contributed by atoms with Gasteiger partial charge in [0.15, 0.2) is 0 Å². The number of amides is 2. The van der Waals surface area contributed by atoms with E-state index in [4.69, 9.17) is 0 Å². The van der Waals surface area contributed by atoms with Crippen LogP contribution in [0.2, 0.25) is 0 Å². The highest BCUT2D eigenvalue weighted by molar-refractivity contribution is 6.05. The predicted molar refractivity (Wildman–Crippen MR) is 95.1 cm³/mol. The van der Waals surface area contributed by atoms with Crippen molar-refractivity contribution < 1.29 is 9.59 Å². The van der Waals surface area contributed by atoms with Crippen LogP contribution in [-0.4, -0.2) is 34.8 Å². The minimum Gasteiger partial charge on any atom is -0.337 e. The predicted octanol–water partition coefficient (Wildman–Crippen LogP) is 3.60. The van der Waals surface area contributed by atoms with Crippen LogP contribution in [0.25, 0.3) is 0 Å². The van der Waals surface area contributed by atoms with Crippen molar-refractivity contribution >= 4 is 17.5 Å². The van der Waals surface area contributed by atoms with Crippen molar-refractivity contribution in [3.8, 4) is 0 Å². The normalized spacial score (nSPS) is 10.2. The first kappa shape index (κ1) is 17.7. The fourth-order valence-corrected chi connectivity index (χ4v) is 2.43. The molecule has 0 aliphatic heterocycles.